The largest absolute Gasteiger partial charge is 0.310 e. The highest BCUT2D eigenvalue weighted by molar-refractivity contribution is 6.31. The number of benzene rings is 8. The molecule has 0 heterocycles. The van der Waals surface area contributed by atoms with Crippen molar-refractivity contribution in [1.82, 2.24) is 0 Å². The van der Waals surface area contributed by atoms with Crippen LogP contribution in [-0.2, 0) is 10.8 Å². The van der Waals surface area contributed by atoms with Gasteiger partial charge in [-0.05, 0) is 133 Å². The molecular weight excluding hydrogens is 669 g/mol. The van der Waals surface area contributed by atoms with Gasteiger partial charge in [0.15, 0.2) is 0 Å². The summed E-state index contributed by atoms with van der Waals surface area (Å²) in [5.41, 5.74) is 16.1. The van der Waals surface area contributed by atoms with Crippen LogP contribution in [0.2, 0.25) is 5.02 Å². The second kappa shape index (κ2) is 10.8. The lowest BCUT2D eigenvalue weighted by atomic mass is 9.70. The van der Waals surface area contributed by atoms with Crippen LogP contribution in [0.1, 0.15) is 47.2 Å². The normalized spacial score (nSPS) is 16.5. The monoisotopic (exact) mass is 701 g/mol. The maximum Gasteiger partial charge on any atom is 0.123 e. The molecule has 1 atom stereocenters. The Hall–Kier alpha value is -5.96. The average Bonchev–Trinajstić information content (AvgIpc) is 3.72. The molecule has 3 aliphatic carbocycles. The Balaban J connectivity index is 1.20. The van der Waals surface area contributed by atoms with E-state index < -0.39 is 5.41 Å². The van der Waals surface area contributed by atoms with Gasteiger partial charge in [0.1, 0.15) is 5.82 Å². The van der Waals surface area contributed by atoms with Gasteiger partial charge in [-0.25, -0.2) is 4.39 Å². The molecule has 0 aliphatic heterocycles. The number of hydrogen-bond acceptors (Lipinski definition) is 1. The Morgan fingerprint density at radius 3 is 1.85 bits per heavy atom. The third-order valence-corrected chi connectivity index (χ3v) is 12.4. The van der Waals surface area contributed by atoms with Crippen LogP contribution < -0.4 is 4.90 Å². The van der Waals surface area contributed by atoms with Gasteiger partial charge in [-0.3, -0.25) is 0 Å². The van der Waals surface area contributed by atoms with Crippen LogP contribution in [0.15, 0.2) is 164 Å². The molecule has 3 aliphatic rings. The van der Waals surface area contributed by atoms with Crippen LogP contribution in [0.5, 0.6) is 0 Å². The van der Waals surface area contributed by atoms with Gasteiger partial charge in [-0.1, -0.05) is 129 Å². The SMILES string of the molecule is CC1(C)c2cc(N(c3ccccc3)c3cc(Cl)cc4c3-c3ccccc3C43c4ccccc4-c4ccc(F)cc43)ccc2-c2cc3ccccc3cc21. The Labute approximate surface area is 313 Å². The zero-order chi connectivity index (χ0) is 35.6. The lowest BCUT2D eigenvalue weighted by Gasteiger charge is -2.32. The van der Waals surface area contributed by atoms with Crippen LogP contribution >= 0.6 is 11.6 Å². The molecule has 0 aromatic heterocycles. The van der Waals surface area contributed by atoms with Crippen molar-refractivity contribution >= 4 is 39.4 Å². The maximum absolute atomic E-state index is 15.4. The summed E-state index contributed by atoms with van der Waals surface area (Å²) in [6.07, 6.45) is 0. The Kier molecular flexibility index (Phi) is 6.24. The van der Waals surface area contributed by atoms with E-state index in [9.17, 15) is 0 Å². The van der Waals surface area contributed by atoms with E-state index in [1.165, 1.54) is 33.0 Å². The number of rotatable bonds is 3. The van der Waals surface area contributed by atoms with Gasteiger partial charge in [0.05, 0.1) is 11.1 Å². The highest BCUT2D eigenvalue weighted by atomic mass is 35.5. The Morgan fingerprint density at radius 1 is 0.453 bits per heavy atom. The van der Waals surface area contributed by atoms with Gasteiger partial charge >= 0.3 is 0 Å². The summed E-state index contributed by atoms with van der Waals surface area (Å²) >= 11 is 7.29. The molecule has 53 heavy (non-hydrogen) atoms. The van der Waals surface area contributed by atoms with Crippen molar-refractivity contribution in [2.24, 2.45) is 0 Å². The minimum absolute atomic E-state index is 0.207. The molecule has 0 radical (unpaired) electrons. The summed E-state index contributed by atoms with van der Waals surface area (Å²) in [4.78, 5) is 2.36. The summed E-state index contributed by atoms with van der Waals surface area (Å²) in [7, 11) is 0. The fraction of sp³-hybridized carbons (Fsp3) is 0.0800. The smallest absolute Gasteiger partial charge is 0.123 e. The molecule has 0 saturated heterocycles. The molecule has 0 fully saturated rings. The number of anilines is 3. The topological polar surface area (TPSA) is 3.24 Å². The molecule has 8 aromatic carbocycles. The summed E-state index contributed by atoms with van der Waals surface area (Å²) in [5, 5.41) is 3.15. The number of hydrogen-bond donors (Lipinski definition) is 0. The van der Waals surface area contributed by atoms with Crippen molar-refractivity contribution in [2.75, 3.05) is 4.90 Å². The molecule has 252 valence electrons. The second-order valence-electron chi connectivity index (χ2n) is 15.1. The van der Waals surface area contributed by atoms with E-state index in [0.29, 0.717) is 5.02 Å². The van der Waals surface area contributed by atoms with E-state index >= 15 is 4.39 Å². The minimum atomic E-state index is -0.731. The van der Waals surface area contributed by atoms with E-state index in [-0.39, 0.29) is 11.2 Å². The molecule has 1 nitrogen and oxygen atoms in total. The minimum Gasteiger partial charge on any atom is -0.310 e. The Morgan fingerprint density at radius 2 is 1.06 bits per heavy atom. The van der Waals surface area contributed by atoms with E-state index in [4.69, 9.17) is 11.6 Å². The van der Waals surface area contributed by atoms with Gasteiger partial charge in [0, 0.05) is 27.4 Å². The van der Waals surface area contributed by atoms with Gasteiger partial charge in [0.25, 0.3) is 0 Å². The zero-order valence-electron chi connectivity index (χ0n) is 29.3. The lowest BCUT2D eigenvalue weighted by Crippen LogP contribution is -2.26. The van der Waals surface area contributed by atoms with E-state index in [1.54, 1.807) is 12.1 Å². The van der Waals surface area contributed by atoms with Crippen molar-refractivity contribution in [3.8, 4) is 33.4 Å². The van der Waals surface area contributed by atoms with Crippen molar-refractivity contribution in [1.29, 1.82) is 0 Å². The molecule has 8 aromatic rings. The van der Waals surface area contributed by atoms with Crippen LogP contribution in [0.4, 0.5) is 21.5 Å². The molecule has 0 saturated carbocycles. The van der Waals surface area contributed by atoms with Crippen LogP contribution in [0.25, 0.3) is 44.2 Å². The molecular formula is C50H33ClFN. The molecule has 0 bridgehead atoms. The van der Waals surface area contributed by atoms with Gasteiger partial charge in [0.2, 0.25) is 0 Å². The summed E-state index contributed by atoms with van der Waals surface area (Å²) in [6, 6.07) is 57.5. The molecule has 0 N–H and O–H groups in total. The number of fused-ring (bicyclic) bond motifs is 14. The third kappa shape index (κ3) is 4.02. The fourth-order valence-corrected chi connectivity index (χ4v) is 10.1. The molecule has 11 rings (SSSR count). The first-order valence-electron chi connectivity index (χ1n) is 18.2. The lowest BCUT2D eigenvalue weighted by molar-refractivity contribution is 0.622. The maximum atomic E-state index is 15.4. The summed E-state index contributed by atoms with van der Waals surface area (Å²) < 4.78 is 15.4. The standard InChI is InChI=1S/C50H33ClFN/c1-49(2)43-25-31-13-7-6-12-30(31)24-40(43)38-23-21-35(29-44(38)49)53(34-14-4-3-5-15-34)47-27-32(51)26-46-48(47)39-17-9-11-19-42(39)50(46)41-18-10-8-16-36(41)37-22-20-33(52)28-45(37)50/h3-29H,1-2H3. The predicted molar refractivity (Wildman–Crippen MR) is 217 cm³/mol. The third-order valence-electron chi connectivity index (χ3n) is 12.1. The van der Waals surface area contributed by atoms with Crippen molar-refractivity contribution in [2.45, 2.75) is 24.7 Å². The number of nitrogens with zero attached hydrogens (tertiary/aromatic N) is 1. The second-order valence-corrected chi connectivity index (χ2v) is 15.6. The Bertz CT molecular complexity index is 2850. The first-order valence-corrected chi connectivity index (χ1v) is 18.6. The number of para-hydroxylation sites is 1. The fourth-order valence-electron chi connectivity index (χ4n) is 9.91. The van der Waals surface area contributed by atoms with Crippen LogP contribution in [0.3, 0.4) is 0 Å². The summed E-state index contributed by atoms with van der Waals surface area (Å²) in [5.74, 6) is -0.246. The molecule has 3 heteroatoms. The zero-order valence-corrected chi connectivity index (χ0v) is 30.0. The van der Waals surface area contributed by atoms with Crippen molar-refractivity contribution in [3.05, 3.63) is 208 Å². The quantitative estimate of drug-likeness (QED) is 0.177. The predicted octanol–water partition coefficient (Wildman–Crippen LogP) is 13.8. The average molecular weight is 702 g/mol. The highest BCUT2D eigenvalue weighted by Crippen LogP contribution is 2.65. The van der Waals surface area contributed by atoms with E-state index in [2.05, 4.69) is 164 Å². The molecule has 0 amide bonds. The molecule has 1 spiro atoms. The van der Waals surface area contributed by atoms with Gasteiger partial charge in [-0.2, -0.15) is 0 Å². The van der Waals surface area contributed by atoms with Gasteiger partial charge in [-0.15, -0.1) is 0 Å². The van der Waals surface area contributed by atoms with Crippen LogP contribution in [-0.4, -0.2) is 0 Å². The van der Waals surface area contributed by atoms with Gasteiger partial charge < -0.3 is 4.90 Å². The van der Waals surface area contributed by atoms with Crippen LogP contribution in [0, 0.1) is 5.82 Å². The first kappa shape index (κ1) is 30.6. The highest BCUT2D eigenvalue weighted by Gasteiger charge is 2.53. The van der Waals surface area contributed by atoms with E-state index in [1.807, 2.05) is 6.07 Å². The molecule has 1 unspecified atom stereocenters. The van der Waals surface area contributed by atoms with Crippen molar-refractivity contribution in [3.63, 3.8) is 0 Å². The van der Waals surface area contributed by atoms with Crippen molar-refractivity contribution < 1.29 is 4.39 Å². The van der Waals surface area contributed by atoms with E-state index in [0.717, 1.165) is 61.6 Å². The number of halogens is 2. The summed E-state index contributed by atoms with van der Waals surface area (Å²) in [6.45, 7) is 4.68. The first-order chi connectivity index (χ1) is 25.9.